The second-order valence-corrected chi connectivity index (χ2v) is 6.24. The SMILES string of the molecule is CCc1nn(Cc2ccccc2)c(CC)c1CNC(=O)CN(C)C. The van der Waals surface area contributed by atoms with Crippen molar-refractivity contribution >= 4 is 5.91 Å². The standard InChI is InChI=1S/C19H28N4O/c1-5-17-16(12-20-19(24)14-22(3)4)18(6-2)23(21-17)13-15-10-8-7-9-11-15/h7-11H,5-6,12-14H2,1-4H3,(H,20,24). The molecular formula is C19H28N4O. The first-order valence-electron chi connectivity index (χ1n) is 8.57. The van der Waals surface area contributed by atoms with Crippen molar-refractivity contribution in [2.24, 2.45) is 0 Å². The fourth-order valence-electron chi connectivity index (χ4n) is 2.89. The van der Waals surface area contributed by atoms with Gasteiger partial charge in [-0.3, -0.25) is 9.48 Å². The maximum atomic E-state index is 11.9. The molecule has 0 fully saturated rings. The smallest absolute Gasteiger partial charge is 0.234 e. The molecule has 0 aliphatic heterocycles. The van der Waals surface area contributed by atoms with Crippen LogP contribution in [0.15, 0.2) is 30.3 Å². The lowest BCUT2D eigenvalue weighted by atomic mass is 10.1. The van der Waals surface area contributed by atoms with Crippen LogP contribution in [0.5, 0.6) is 0 Å². The number of nitrogens with one attached hydrogen (secondary N) is 1. The van der Waals surface area contributed by atoms with Gasteiger partial charge in [-0.2, -0.15) is 5.10 Å². The number of amides is 1. The van der Waals surface area contributed by atoms with E-state index in [0.717, 1.165) is 25.1 Å². The predicted octanol–water partition coefficient (Wildman–Crippen LogP) is 2.23. The Kier molecular flexibility index (Phi) is 6.55. The summed E-state index contributed by atoms with van der Waals surface area (Å²) in [5, 5.41) is 7.81. The molecule has 1 amide bonds. The summed E-state index contributed by atoms with van der Waals surface area (Å²) in [7, 11) is 3.79. The molecule has 0 bridgehead atoms. The molecule has 0 saturated heterocycles. The van der Waals surface area contributed by atoms with Crippen LogP contribution in [0.4, 0.5) is 0 Å². The van der Waals surface area contributed by atoms with Crippen molar-refractivity contribution in [2.45, 2.75) is 39.8 Å². The number of aromatic nitrogens is 2. The van der Waals surface area contributed by atoms with Gasteiger partial charge in [-0.25, -0.2) is 0 Å². The fraction of sp³-hybridized carbons (Fsp3) is 0.474. The molecule has 0 aliphatic carbocycles. The average Bonchev–Trinajstić information content (AvgIpc) is 2.89. The average molecular weight is 328 g/mol. The number of nitrogens with zero attached hydrogens (tertiary/aromatic N) is 3. The maximum Gasteiger partial charge on any atom is 0.234 e. The molecule has 5 nitrogen and oxygen atoms in total. The van der Waals surface area contributed by atoms with Gasteiger partial charge in [0.15, 0.2) is 0 Å². The maximum absolute atomic E-state index is 11.9. The van der Waals surface area contributed by atoms with Gasteiger partial charge in [0.05, 0.1) is 18.8 Å². The molecule has 0 saturated carbocycles. The van der Waals surface area contributed by atoms with Crippen LogP contribution in [0.3, 0.4) is 0 Å². The fourth-order valence-corrected chi connectivity index (χ4v) is 2.89. The molecule has 1 aromatic heterocycles. The Balaban J connectivity index is 2.19. The van der Waals surface area contributed by atoms with Crippen molar-refractivity contribution in [3.63, 3.8) is 0 Å². The Bertz CT molecular complexity index is 662. The van der Waals surface area contributed by atoms with Gasteiger partial charge in [0.25, 0.3) is 0 Å². The molecule has 1 N–H and O–H groups in total. The summed E-state index contributed by atoms with van der Waals surface area (Å²) in [4.78, 5) is 13.8. The number of rotatable bonds is 8. The molecule has 1 heterocycles. The van der Waals surface area contributed by atoms with E-state index in [9.17, 15) is 4.79 Å². The zero-order valence-electron chi connectivity index (χ0n) is 15.2. The second kappa shape index (κ2) is 8.64. The molecule has 24 heavy (non-hydrogen) atoms. The Labute approximate surface area is 144 Å². The van der Waals surface area contributed by atoms with Gasteiger partial charge >= 0.3 is 0 Å². The van der Waals surface area contributed by atoms with Crippen LogP contribution < -0.4 is 5.32 Å². The third-order valence-corrected chi connectivity index (χ3v) is 4.02. The summed E-state index contributed by atoms with van der Waals surface area (Å²) in [5.74, 6) is 0.0416. The van der Waals surface area contributed by atoms with Crippen molar-refractivity contribution < 1.29 is 4.79 Å². The summed E-state index contributed by atoms with van der Waals surface area (Å²) < 4.78 is 2.08. The minimum Gasteiger partial charge on any atom is -0.351 e. The Hall–Kier alpha value is -2.14. The van der Waals surface area contributed by atoms with E-state index >= 15 is 0 Å². The van der Waals surface area contributed by atoms with Crippen LogP contribution in [-0.4, -0.2) is 41.2 Å². The molecule has 130 valence electrons. The topological polar surface area (TPSA) is 50.2 Å². The van der Waals surface area contributed by atoms with Gasteiger partial charge in [-0.05, 0) is 32.5 Å². The highest BCUT2D eigenvalue weighted by atomic mass is 16.2. The summed E-state index contributed by atoms with van der Waals surface area (Å²) in [6.45, 7) is 5.97. The van der Waals surface area contributed by atoms with E-state index < -0.39 is 0 Å². The number of carbonyl (C=O) groups is 1. The number of likely N-dealkylation sites (N-methyl/N-ethyl adjacent to an activating group) is 1. The lowest BCUT2D eigenvalue weighted by molar-refractivity contribution is -0.121. The first kappa shape index (κ1) is 18.2. The molecule has 0 radical (unpaired) electrons. The number of aryl methyl sites for hydroxylation is 1. The molecule has 0 spiro atoms. The Morgan fingerprint density at radius 2 is 1.88 bits per heavy atom. The quantitative estimate of drug-likeness (QED) is 0.808. The highest BCUT2D eigenvalue weighted by Gasteiger charge is 2.16. The van der Waals surface area contributed by atoms with Crippen LogP contribution in [0.2, 0.25) is 0 Å². The number of carbonyl (C=O) groups excluding carboxylic acids is 1. The molecule has 1 aromatic carbocycles. The molecule has 0 atom stereocenters. The predicted molar refractivity (Wildman–Crippen MR) is 96.9 cm³/mol. The first-order chi connectivity index (χ1) is 11.5. The van der Waals surface area contributed by atoms with E-state index in [0.29, 0.717) is 13.1 Å². The highest BCUT2D eigenvalue weighted by molar-refractivity contribution is 5.77. The van der Waals surface area contributed by atoms with E-state index in [4.69, 9.17) is 5.10 Å². The van der Waals surface area contributed by atoms with E-state index in [1.54, 1.807) is 0 Å². The third-order valence-electron chi connectivity index (χ3n) is 4.02. The van der Waals surface area contributed by atoms with Crippen molar-refractivity contribution in [1.82, 2.24) is 20.0 Å². The minimum absolute atomic E-state index is 0.0416. The van der Waals surface area contributed by atoms with Gasteiger partial charge in [-0.15, -0.1) is 0 Å². The van der Waals surface area contributed by atoms with Gasteiger partial charge in [0.2, 0.25) is 5.91 Å². The zero-order chi connectivity index (χ0) is 17.5. The third kappa shape index (κ3) is 4.68. The van der Waals surface area contributed by atoms with E-state index in [2.05, 4.69) is 36.0 Å². The van der Waals surface area contributed by atoms with Gasteiger partial charge < -0.3 is 10.2 Å². The molecule has 2 aromatic rings. The van der Waals surface area contributed by atoms with Crippen molar-refractivity contribution in [3.05, 3.63) is 52.8 Å². The first-order valence-corrected chi connectivity index (χ1v) is 8.57. The molecule has 0 aliphatic rings. The van der Waals surface area contributed by atoms with Crippen molar-refractivity contribution in [2.75, 3.05) is 20.6 Å². The second-order valence-electron chi connectivity index (χ2n) is 6.24. The van der Waals surface area contributed by atoms with Crippen molar-refractivity contribution in [3.8, 4) is 0 Å². The minimum atomic E-state index is 0.0416. The summed E-state index contributed by atoms with van der Waals surface area (Å²) >= 11 is 0. The monoisotopic (exact) mass is 328 g/mol. The number of benzene rings is 1. The summed E-state index contributed by atoms with van der Waals surface area (Å²) in [6, 6.07) is 10.4. The lowest BCUT2D eigenvalue weighted by Gasteiger charge is -2.11. The lowest BCUT2D eigenvalue weighted by Crippen LogP contribution is -2.33. The van der Waals surface area contributed by atoms with E-state index in [1.165, 1.54) is 16.8 Å². The normalized spacial score (nSPS) is 11.0. The van der Waals surface area contributed by atoms with Crippen LogP contribution in [0.1, 0.15) is 36.4 Å². The van der Waals surface area contributed by atoms with Crippen LogP contribution in [0, 0.1) is 0 Å². The molecule has 2 rings (SSSR count). The molecule has 0 unspecified atom stereocenters. The highest BCUT2D eigenvalue weighted by Crippen LogP contribution is 2.18. The van der Waals surface area contributed by atoms with Crippen LogP contribution >= 0.6 is 0 Å². The van der Waals surface area contributed by atoms with E-state index in [-0.39, 0.29) is 5.91 Å². The van der Waals surface area contributed by atoms with Gasteiger partial charge in [0, 0.05) is 17.8 Å². The molecular weight excluding hydrogens is 300 g/mol. The molecule has 5 heteroatoms. The largest absolute Gasteiger partial charge is 0.351 e. The van der Waals surface area contributed by atoms with Crippen LogP contribution in [-0.2, 0) is 30.7 Å². The number of hydrogen-bond acceptors (Lipinski definition) is 3. The number of hydrogen-bond donors (Lipinski definition) is 1. The summed E-state index contributed by atoms with van der Waals surface area (Å²) in [5.41, 5.74) is 4.69. The zero-order valence-corrected chi connectivity index (χ0v) is 15.2. The Morgan fingerprint density at radius 3 is 2.46 bits per heavy atom. The Morgan fingerprint density at radius 1 is 1.17 bits per heavy atom. The van der Waals surface area contributed by atoms with Gasteiger partial charge in [0.1, 0.15) is 0 Å². The van der Waals surface area contributed by atoms with Crippen molar-refractivity contribution in [1.29, 1.82) is 0 Å². The van der Waals surface area contributed by atoms with E-state index in [1.807, 2.05) is 37.2 Å². The van der Waals surface area contributed by atoms with Crippen LogP contribution in [0.25, 0.3) is 0 Å². The van der Waals surface area contributed by atoms with Gasteiger partial charge in [-0.1, -0.05) is 44.2 Å². The summed E-state index contributed by atoms with van der Waals surface area (Å²) in [6.07, 6.45) is 1.77.